The van der Waals surface area contributed by atoms with E-state index in [1.807, 2.05) is 29.5 Å². The highest BCUT2D eigenvalue weighted by atomic mass is 32.1. The Morgan fingerprint density at radius 1 is 1.16 bits per heavy atom. The molecule has 3 aromatic rings. The molecule has 0 atom stereocenters. The summed E-state index contributed by atoms with van der Waals surface area (Å²) >= 11 is 7.36. The van der Waals surface area contributed by atoms with E-state index in [2.05, 4.69) is 17.1 Å². The SMILES string of the molecule is S=c1[nH]c(-c2ccccc2)nc2sc3c(c12)CCC3. The van der Waals surface area contributed by atoms with Crippen LogP contribution in [0.25, 0.3) is 21.6 Å². The monoisotopic (exact) mass is 284 g/mol. The summed E-state index contributed by atoms with van der Waals surface area (Å²) in [6, 6.07) is 10.2. The molecule has 0 unspecified atom stereocenters. The van der Waals surface area contributed by atoms with Crippen molar-refractivity contribution in [2.24, 2.45) is 0 Å². The molecule has 1 aliphatic rings. The molecule has 2 aromatic heterocycles. The molecule has 0 fully saturated rings. The molecule has 4 heteroatoms. The lowest BCUT2D eigenvalue weighted by atomic mass is 10.2. The van der Waals surface area contributed by atoms with E-state index in [9.17, 15) is 0 Å². The minimum atomic E-state index is 0.836. The van der Waals surface area contributed by atoms with Gasteiger partial charge >= 0.3 is 0 Å². The average molecular weight is 284 g/mol. The fourth-order valence-electron chi connectivity index (χ4n) is 2.74. The molecule has 2 heterocycles. The van der Waals surface area contributed by atoms with Gasteiger partial charge in [-0.3, -0.25) is 0 Å². The Morgan fingerprint density at radius 2 is 2.00 bits per heavy atom. The third-order valence-corrected chi connectivity index (χ3v) is 5.11. The molecule has 2 nitrogen and oxygen atoms in total. The summed E-state index contributed by atoms with van der Waals surface area (Å²) in [5, 5.41) is 1.19. The van der Waals surface area contributed by atoms with Gasteiger partial charge < -0.3 is 4.98 Å². The van der Waals surface area contributed by atoms with E-state index in [0.29, 0.717) is 0 Å². The molecule has 0 bridgehead atoms. The van der Waals surface area contributed by atoms with Gasteiger partial charge in [0.2, 0.25) is 0 Å². The summed E-state index contributed by atoms with van der Waals surface area (Å²) in [5.41, 5.74) is 2.53. The summed E-state index contributed by atoms with van der Waals surface area (Å²) in [6.07, 6.45) is 3.59. The van der Waals surface area contributed by atoms with Crippen LogP contribution in [0, 0.1) is 4.64 Å². The maximum atomic E-state index is 5.55. The molecule has 0 amide bonds. The van der Waals surface area contributed by atoms with Crippen LogP contribution in [0.3, 0.4) is 0 Å². The number of nitrogens with zero attached hydrogens (tertiary/aromatic N) is 1. The molecular formula is C15H12N2S2. The van der Waals surface area contributed by atoms with Gasteiger partial charge in [-0.25, -0.2) is 4.98 Å². The molecule has 1 aromatic carbocycles. The fourth-order valence-corrected chi connectivity index (χ4v) is 4.39. The van der Waals surface area contributed by atoms with Gasteiger partial charge in [-0.15, -0.1) is 11.3 Å². The van der Waals surface area contributed by atoms with Crippen LogP contribution < -0.4 is 0 Å². The van der Waals surface area contributed by atoms with Crippen LogP contribution in [-0.2, 0) is 12.8 Å². The Bertz CT molecular complexity index is 815. The predicted molar refractivity (Wildman–Crippen MR) is 82.3 cm³/mol. The first-order valence-corrected chi connectivity index (χ1v) is 7.65. The Labute approximate surface area is 120 Å². The zero-order chi connectivity index (χ0) is 12.8. The average Bonchev–Trinajstić information content (AvgIpc) is 2.99. The van der Waals surface area contributed by atoms with Crippen LogP contribution in [0.15, 0.2) is 30.3 Å². The summed E-state index contributed by atoms with van der Waals surface area (Å²) in [7, 11) is 0. The van der Waals surface area contributed by atoms with Crippen molar-refractivity contribution in [3.8, 4) is 11.4 Å². The fraction of sp³-hybridized carbons (Fsp3) is 0.200. The van der Waals surface area contributed by atoms with Gasteiger partial charge in [-0.1, -0.05) is 42.5 Å². The summed E-state index contributed by atoms with van der Waals surface area (Å²) < 4.78 is 0.836. The number of aromatic amines is 1. The number of hydrogen-bond acceptors (Lipinski definition) is 3. The number of fused-ring (bicyclic) bond motifs is 3. The Balaban J connectivity index is 2.00. The van der Waals surface area contributed by atoms with E-state index in [-0.39, 0.29) is 0 Å². The third-order valence-electron chi connectivity index (χ3n) is 3.62. The van der Waals surface area contributed by atoms with Crippen LogP contribution in [0.5, 0.6) is 0 Å². The van der Waals surface area contributed by atoms with Crippen molar-refractivity contribution >= 4 is 33.8 Å². The van der Waals surface area contributed by atoms with E-state index >= 15 is 0 Å². The molecule has 0 spiro atoms. The van der Waals surface area contributed by atoms with Gasteiger partial charge in [0.25, 0.3) is 0 Å². The number of aromatic nitrogens is 2. The quantitative estimate of drug-likeness (QED) is 0.666. The molecule has 0 saturated heterocycles. The lowest BCUT2D eigenvalue weighted by Gasteiger charge is -2.02. The first kappa shape index (κ1) is 11.3. The van der Waals surface area contributed by atoms with Gasteiger partial charge in [0.15, 0.2) is 0 Å². The van der Waals surface area contributed by atoms with Crippen molar-refractivity contribution in [3.63, 3.8) is 0 Å². The largest absolute Gasteiger partial charge is 0.330 e. The van der Waals surface area contributed by atoms with Crippen molar-refractivity contribution in [3.05, 3.63) is 45.4 Å². The van der Waals surface area contributed by atoms with Gasteiger partial charge in [-0.2, -0.15) is 0 Å². The molecule has 0 saturated carbocycles. The van der Waals surface area contributed by atoms with Gasteiger partial charge in [0.1, 0.15) is 15.3 Å². The predicted octanol–water partition coefficient (Wildman–Crippen LogP) is 4.51. The Morgan fingerprint density at radius 3 is 2.84 bits per heavy atom. The maximum Gasteiger partial charge on any atom is 0.140 e. The van der Waals surface area contributed by atoms with E-state index in [1.54, 1.807) is 0 Å². The van der Waals surface area contributed by atoms with E-state index < -0.39 is 0 Å². The Hall–Kier alpha value is -1.52. The Kier molecular flexibility index (Phi) is 2.53. The normalized spacial score (nSPS) is 13.9. The standard InChI is InChI=1S/C15H12N2S2/c18-14-12-10-7-4-8-11(10)19-15(12)17-13(16-14)9-5-2-1-3-6-9/h1-3,5-6H,4,7-8H2,(H,16,17,18). The van der Waals surface area contributed by atoms with Crippen molar-refractivity contribution in [2.45, 2.75) is 19.3 Å². The van der Waals surface area contributed by atoms with E-state index in [4.69, 9.17) is 17.2 Å². The minimum absolute atomic E-state index is 0.836. The van der Waals surface area contributed by atoms with Gasteiger partial charge in [0, 0.05) is 15.8 Å². The van der Waals surface area contributed by atoms with Crippen molar-refractivity contribution in [1.29, 1.82) is 0 Å². The zero-order valence-corrected chi connectivity index (χ0v) is 11.9. The molecule has 4 rings (SSSR count). The number of thiophene rings is 1. The molecule has 94 valence electrons. The summed E-state index contributed by atoms with van der Waals surface area (Å²) in [6.45, 7) is 0. The molecule has 1 N–H and O–H groups in total. The van der Waals surface area contributed by atoms with E-state index in [0.717, 1.165) is 27.3 Å². The van der Waals surface area contributed by atoms with Crippen LogP contribution in [-0.4, -0.2) is 9.97 Å². The topological polar surface area (TPSA) is 28.7 Å². The van der Waals surface area contributed by atoms with Crippen LogP contribution in [0.2, 0.25) is 0 Å². The highest BCUT2D eigenvalue weighted by Crippen LogP contribution is 2.37. The first-order valence-electron chi connectivity index (χ1n) is 6.43. The molecular weight excluding hydrogens is 272 g/mol. The maximum absolute atomic E-state index is 5.55. The van der Waals surface area contributed by atoms with Gasteiger partial charge in [-0.05, 0) is 24.8 Å². The molecule has 19 heavy (non-hydrogen) atoms. The van der Waals surface area contributed by atoms with E-state index in [1.165, 1.54) is 28.7 Å². The number of benzene rings is 1. The molecule has 0 radical (unpaired) electrons. The van der Waals surface area contributed by atoms with Crippen LogP contribution in [0.1, 0.15) is 16.9 Å². The summed E-state index contributed by atoms with van der Waals surface area (Å²) in [4.78, 5) is 10.6. The van der Waals surface area contributed by atoms with Crippen molar-refractivity contribution in [1.82, 2.24) is 9.97 Å². The van der Waals surface area contributed by atoms with Crippen LogP contribution >= 0.6 is 23.6 Å². The minimum Gasteiger partial charge on any atom is -0.330 e. The van der Waals surface area contributed by atoms with Crippen molar-refractivity contribution in [2.75, 3.05) is 0 Å². The number of nitrogens with one attached hydrogen (secondary N) is 1. The second-order valence-corrected chi connectivity index (χ2v) is 6.31. The summed E-state index contributed by atoms with van der Waals surface area (Å²) in [5.74, 6) is 0.873. The third kappa shape index (κ3) is 1.75. The number of rotatable bonds is 1. The highest BCUT2D eigenvalue weighted by Gasteiger charge is 2.19. The van der Waals surface area contributed by atoms with Crippen LogP contribution in [0.4, 0.5) is 0 Å². The second kappa shape index (κ2) is 4.25. The number of H-pyrrole nitrogens is 1. The second-order valence-electron chi connectivity index (χ2n) is 4.82. The molecule has 1 aliphatic carbocycles. The highest BCUT2D eigenvalue weighted by molar-refractivity contribution is 7.71. The molecule has 0 aliphatic heterocycles. The lowest BCUT2D eigenvalue weighted by molar-refractivity contribution is 0.917. The number of aryl methyl sites for hydroxylation is 2. The lowest BCUT2D eigenvalue weighted by Crippen LogP contribution is -1.90. The smallest absolute Gasteiger partial charge is 0.140 e. The number of hydrogen-bond donors (Lipinski definition) is 1. The first-order chi connectivity index (χ1) is 9.33. The van der Waals surface area contributed by atoms with Gasteiger partial charge in [0.05, 0.1) is 0 Å². The van der Waals surface area contributed by atoms with Crippen molar-refractivity contribution < 1.29 is 0 Å². The zero-order valence-electron chi connectivity index (χ0n) is 10.3.